The Morgan fingerprint density at radius 1 is 1.33 bits per heavy atom. The topological polar surface area (TPSA) is 118 Å². The molecule has 3 N–H and O–H groups in total. The summed E-state index contributed by atoms with van der Waals surface area (Å²) < 4.78 is 5.07. The maximum Gasteiger partial charge on any atom is 0.337 e. The van der Waals surface area contributed by atoms with Crippen molar-refractivity contribution in [2.75, 3.05) is 13.2 Å². The van der Waals surface area contributed by atoms with Crippen molar-refractivity contribution in [3.05, 3.63) is 24.0 Å². The summed E-state index contributed by atoms with van der Waals surface area (Å²) in [7, 11) is 0. The van der Waals surface area contributed by atoms with Gasteiger partial charge in [0.2, 0.25) is 0 Å². The van der Waals surface area contributed by atoms with Gasteiger partial charge in [0.25, 0.3) is 5.91 Å². The fraction of sp³-hybridized carbons (Fsp3) is 0.385. The lowest BCUT2D eigenvalue weighted by Gasteiger charge is -2.09. The zero-order valence-corrected chi connectivity index (χ0v) is 11.8. The van der Waals surface area contributed by atoms with Crippen LogP contribution in [-0.2, 0) is 4.79 Å². The van der Waals surface area contributed by atoms with E-state index in [2.05, 4.69) is 15.6 Å². The second-order valence-corrected chi connectivity index (χ2v) is 4.66. The van der Waals surface area contributed by atoms with E-state index in [1.54, 1.807) is 0 Å². The molecule has 0 aliphatic heterocycles. The van der Waals surface area contributed by atoms with Crippen molar-refractivity contribution in [2.24, 2.45) is 5.92 Å². The highest BCUT2D eigenvalue weighted by Crippen LogP contribution is 2.10. The van der Waals surface area contributed by atoms with Crippen LogP contribution >= 0.6 is 0 Å². The quantitative estimate of drug-likeness (QED) is 0.709. The van der Waals surface area contributed by atoms with E-state index in [1.807, 2.05) is 13.8 Å². The van der Waals surface area contributed by atoms with Gasteiger partial charge in [0, 0.05) is 12.7 Å². The summed E-state index contributed by atoms with van der Waals surface area (Å²) in [5.41, 5.74) is -0.0532. The Balaban J connectivity index is 2.41. The summed E-state index contributed by atoms with van der Waals surface area (Å²) in [5, 5.41) is 13.4. The standard InChI is InChI=1S/C13H17N3O5/c1-8(2)4-15-13(20)16-11(17)7-21-10-3-9(12(18)19)5-14-6-10/h3,5-6,8H,4,7H2,1-2H3,(H,18,19)(H2,15,16,17,20). The van der Waals surface area contributed by atoms with Crippen LogP contribution in [0.25, 0.3) is 0 Å². The van der Waals surface area contributed by atoms with Gasteiger partial charge in [-0.2, -0.15) is 0 Å². The van der Waals surface area contributed by atoms with E-state index in [1.165, 1.54) is 12.3 Å². The number of aromatic carboxylic acids is 1. The number of rotatable bonds is 6. The van der Waals surface area contributed by atoms with Crippen molar-refractivity contribution in [1.82, 2.24) is 15.6 Å². The van der Waals surface area contributed by atoms with Crippen LogP contribution in [0.1, 0.15) is 24.2 Å². The van der Waals surface area contributed by atoms with Crippen LogP contribution in [0.15, 0.2) is 18.5 Å². The molecule has 0 fully saturated rings. The molecule has 3 amide bonds. The Kier molecular flexibility index (Phi) is 6.12. The van der Waals surface area contributed by atoms with Crippen LogP contribution in [0.3, 0.4) is 0 Å². The number of pyridine rings is 1. The number of urea groups is 1. The van der Waals surface area contributed by atoms with Gasteiger partial charge in [-0.05, 0) is 12.0 Å². The van der Waals surface area contributed by atoms with Crippen LogP contribution in [0.2, 0.25) is 0 Å². The minimum absolute atomic E-state index is 0.0532. The lowest BCUT2D eigenvalue weighted by Crippen LogP contribution is -2.42. The number of hydrogen-bond acceptors (Lipinski definition) is 5. The summed E-state index contributed by atoms with van der Waals surface area (Å²) in [6.07, 6.45) is 2.44. The van der Waals surface area contributed by atoms with E-state index >= 15 is 0 Å². The molecule has 0 atom stereocenters. The van der Waals surface area contributed by atoms with Crippen molar-refractivity contribution < 1.29 is 24.2 Å². The third kappa shape index (κ3) is 6.37. The second-order valence-electron chi connectivity index (χ2n) is 4.66. The average molecular weight is 295 g/mol. The smallest absolute Gasteiger partial charge is 0.337 e. The number of carboxylic acid groups (broad SMARTS) is 1. The van der Waals surface area contributed by atoms with Gasteiger partial charge in [-0.15, -0.1) is 0 Å². The number of ether oxygens (including phenoxy) is 1. The molecule has 0 aromatic carbocycles. The van der Waals surface area contributed by atoms with Gasteiger partial charge in [0.1, 0.15) is 5.75 Å². The minimum Gasteiger partial charge on any atom is -0.482 e. The molecule has 114 valence electrons. The second kappa shape index (κ2) is 7.83. The fourth-order valence-corrected chi connectivity index (χ4v) is 1.27. The van der Waals surface area contributed by atoms with Crippen molar-refractivity contribution in [3.63, 3.8) is 0 Å². The van der Waals surface area contributed by atoms with Crippen LogP contribution in [0, 0.1) is 5.92 Å². The lowest BCUT2D eigenvalue weighted by molar-refractivity contribution is -0.122. The molecular weight excluding hydrogens is 278 g/mol. The molecule has 21 heavy (non-hydrogen) atoms. The summed E-state index contributed by atoms with van der Waals surface area (Å²) in [6, 6.07) is 0.635. The first-order chi connectivity index (χ1) is 9.88. The van der Waals surface area contributed by atoms with Crippen molar-refractivity contribution in [3.8, 4) is 5.75 Å². The Hall–Kier alpha value is -2.64. The number of nitrogens with zero attached hydrogens (tertiary/aromatic N) is 1. The molecule has 0 unspecified atom stereocenters. The Bertz CT molecular complexity index is 530. The SMILES string of the molecule is CC(C)CNC(=O)NC(=O)COc1cncc(C(=O)O)c1. The van der Waals surface area contributed by atoms with Gasteiger partial charge in [-0.3, -0.25) is 15.1 Å². The highest BCUT2D eigenvalue weighted by Gasteiger charge is 2.10. The average Bonchev–Trinajstić information content (AvgIpc) is 2.43. The Morgan fingerprint density at radius 3 is 2.67 bits per heavy atom. The normalized spacial score (nSPS) is 10.0. The molecule has 1 aromatic heterocycles. The van der Waals surface area contributed by atoms with Crippen LogP contribution < -0.4 is 15.4 Å². The molecule has 0 bridgehead atoms. The number of carbonyl (C=O) groups excluding carboxylic acids is 2. The number of hydrogen-bond donors (Lipinski definition) is 3. The third-order valence-corrected chi connectivity index (χ3v) is 2.25. The summed E-state index contributed by atoms with van der Waals surface area (Å²) in [4.78, 5) is 37.2. The van der Waals surface area contributed by atoms with Gasteiger partial charge in [-0.25, -0.2) is 9.59 Å². The molecule has 0 saturated carbocycles. The number of imide groups is 1. The summed E-state index contributed by atoms with van der Waals surface area (Å²) in [5.74, 6) is -1.39. The van der Waals surface area contributed by atoms with Crippen molar-refractivity contribution in [2.45, 2.75) is 13.8 Å². The molecule has 0 radical (unpaired) electrons. The lowest BCUT2D eigenvalue weighted by atomic mass is 10.2. The summed E-state index contributed by atoms with van der Waals surface area (Å²) >= 11 is 0. The highest BCUT2D eigenvalue weighted by molar-refractivity contribution is 5.95. The first kappa shape index (κ1) is 16.4. The van der Waals surface area contributed by atoms with Crippen LogP contribution in [0.4, 0.5) is 4.79 Å². The first-order valence-electron chi connectivity index (χ1n) is 6.27. The zero-order chi connectivity index (χ0) is 15.8. The maximum absolute atomic E-state index is 11.5. The van der Waals surface area contributed by atoms with Gasteiger partial charge < -0.3 is 15.2 Å². The van der Waals surface area contributed by atoms with E-state index < -0.39 is 24.5 Å². The molecule has 1 rings (SSSR count). The van der Waals surface area contributed by atoms with Crippen LogP contribution in [-0.4, -0.2) is 41.1 Å². The van der Waals surface area contributed by atoms with E-state index in [0.717, 1.165) is 6.20 Å². The van der Waals surface area contributed by atoms with E-state index in [-0.39, 0.29) is 17.2 Å². The van der Waals surface area contributed by atoms with E-state index in [9.17, 15) is 14.4 Å². The molecule has 8 heteroatoms. The maximum atomic E-state index is 11.5. The highest BCUT2D eigenvalue weighted by atomic mass is 16.5. The Labute approximate surface area is 121 Å². The zero-order valence-electron chi connectivity index (χ0n) is 11.8. The van der Waals surface area contributed by atoms with Gasteiger partial charge in [-0.1, -0.05) is 13.8 Å². The van der Waals surface area contributed by atoms with Gasteiger partial charge in [0.05, 0.1) is 11.8 Å². The number of aromatic nitrogens is 1. The molecule has 8 nitrogen and oxygen atoms in total. The predicted octanol–water partition coefficient (Wildman–Crippen LogP) is 0.640. The number of nitrogens with one attached hydrogen (secondary N) is 2. The van der Waals surface area contributed by atoms with Gasteiger partial charge >= 0.3 is 12.0 Å². The molecule has 1 aromatic rings. The molecule has 1 heterocycles. The first-order valence-corrected chi connectivity index (χ1v) is 6.27. The van der Waals surface area contributed by atoms with Gasteiger partial charge in [0.15, 0.2) is 6.61 Å². The summed E-state index contributed by atoms with van der Waals surface area (Å²) in [6.45, 7) is 3.88. The molecular formula is C13H17N3O5. The molecule has 0 saturated heterocycles. The monoisotopic (exact) mass is 295 g/mol. The van der Waals surface area contributed by atoms with Crippen molar-refractivity contribution >= 4 is 17.9 Å². The predicted molar refractivity (Wildman–Crippen MR) is 73.1 cm³/mol. The van der Waals surface area contributed by atoms with Crippen LogP contribution in [0.5, 0.6) is 5.75 Å². The van der Waals surface area contributed by atoms with E-state index in [0.29, 0.717) is 6.54 Å². The molecule has 0 aliphatic carbocycles. The van der Waals surface area contributed by atoms with E-state index in [4.69, 9.17) is 9.84 Å². The number of carboxylic acids is 1. The largest absolute Gasteiger partial charge is 0.482 e. The number of carbonyl (C=O) groups is 3. The molecule has 0 aliphatic rings. The third-order valence-electron chi connectivity index (χ3n) is 2.25. The minimum atomic E-state index is -1.15. The Morgan fingerprint density at radius 2 is 2.05 bits per heavy atom. The molecule has 0 spiro atoms. The number of amides is 3. The van der Waals surface area contributed by atoms with Crippen molar-refractivity contribution in [1.29, 1.82) is 0 Å². The fourth-order valence-electron chi connectivity index (χ4n) is 1.27.